The highest BCUT2D eigenvalue weighted by atomic mass is 79.9. The van der Waals surface area contributed by atoms with E-state index < -0.39 is 33.3 Å². The summed E-state index contributed by atoms with van der Waals surface area (Å²) in [6, 6.07) is 4.78. The van der Waals surface area contributed by atoms with Crippen molar-refractivity contribution in [2.75, 3.05) is 0 Å². The van der Waals surface area contributed by atoms with E-state index in [4.69, 9.17) is 0 Å². The van der Waals surface area contributed by atoms with Gasteiger partial charge in [-0.3, -0.25) is 0 Å². The Morgan fingerprint density at radius 3 is 1.84 bits per heavy atom. The number of halogens is 5. The molecule has 3 rings (SSSR count). The Kier molecular flexibility index (Phi) is 2.89. The third kappa shape index (κ3) is 1.79. The molecule has 98 valence electrons. The third-order valence-electron chi connectivity index (χ3n) is 3.37. The molecule has 5 heteroatoms. The van der Waals surface area contributed by atoms with Gasteiger partial charge in [0.25, 0.3) is 0 Å². The molecule has 0 saturated carbocycles. The van der Waals surface area contributed by atoms with Gasteiger partial charge in [0.05, 0.1) is 10.0 Å². The third-order valence-corrected chi connectivity index (χ3v) is 4.06. The van der Waals surface area contributed by atoms with Crippen LogP contribution in [0.25, 0.3) is 11.1 Å². The summed E-state index contributed by atoms with van der Waals surface area (Å²) in [5.41, 5.74) is 1.55. The van der Waals surface area contributed by atoms with Gasteiger partial charge >= 0.3 is 0 Å². The molecule has 0 atom stereocenters. The van der Waals surface area contributed by atoms with Crippen LogP contribution in [0.4, 0.5) is 17.6 Å². The number of hydrogen-bond donors (Lipinski definition) is 0. The van der Waals surface area contributed by atoms with Crippen molar-refractivity contribution >= 4 is 15.9 Å². The van der Waals surface area contributed by atoms with Crippen LogP contribution in [-0.4, -0.2) is 0 Å². The highest BCUT2D eigenvalue weighted by Gasteiger charge is 2.26. The molecule has 0 aromatic heterocycles. The topological polar surface area (TPSA) is 0 Å². The summed E-state index contributed by atoms with van der Waals surface area (Å²) in [5, 5.41) is 0. The lowest BCUT2D eigenvalue weighted by Gasteiger charge is -2.20. The van der Waals surface area contributed by atoms with E-state index >= 15 is 0 Å². The quantitative estimate of drug-likeness (QED) is 0.401. The molecule has 0 radical (unpaired) electrons. The number of hydrogen-bond acceptors (Lipinski definition) is 0. The van der Waals surface area contributed by atoms with Gasteiger partial charge < -0.3 is 0 Å². The van der Waals surface area contributed by atoms with E-state index in [0.29, 0.717) is 0 Å². The predicted octanol–water partition coefficient (Wildman–Crippen LogP) is 4.77. The van der Waals surface area contributed by atoms with Crippen molar-refractivity contribution in [3.05, 3.63) is 57.1 Å². The first-order valence-corrected chi connectivity index (χ1v) is 6.43. The van der Waals surface area contributed by atoms with Crippen LogP contribution in [0.1, 0.15) is 11.1 Å². The van der Waals surface area contributed by atoms with E-state index in [9.17, 15) is 17.6 Å². The molecule has 0 unspecified atom stereocenters. The lowest BCUT2D eigenvalue weighted by atomic mass is 9.86. The highest BCUT2D eigenvalue weighted by molar-refractivity contribution is 9.10. The van der Waals surface area contributed by atoms with E-state index in [0.717, 1.165) is 24.0 Å². The maximum atomic E-state index is 13.8. The van der Waals surface area contributed by atoms with Crippen LogP contribution in [0.2, 0.25) is 0 Å². The summed E-state index contributed by atoms with van der Waals surface area (Å²) in [6.07, 6.45) is 1.73. The van der Waals surface area contributed by atoms with Crippen molar-refractivity contribution in [3.8, 4) is 11.1 Å². The van der Waals surface area contributed by atoms with E-state index in [1.165, 1.54) is 6.07 Å². The second-order valence-corrected chi connectivity index (χ2v) is 5.22. The van der Waals surface area contributed by atoms with E-state index in [1.807, 2.05) is 0 Å². The molecule has 0 amide bonds. The van der Waals surface area contributed by atoms with Gasteiger partial charge in [0.15, 0.2) is 23.3 Å². The Bertz CT molecular complexity index is 665. The molecule has 2 aromatic rings. The van der Waals surface area contributed by atoms with E-state index in [1.54, 1.807) is 12.1 Å². The van der Waals surface area contributed by atoms with Gasteiger partial charge in [0.1, 0.15) is 0 Å². The molecule has 19 heavy (non-hydrogen) atoms. The fraction of sp³-hybridized carbons (Fsp3) is 0.143. The second kappa shape index (κ2) is 4.34. The Hall–Kier alpha value is -1.36. The summed E-state index contributed by atoms with van der Waals surface area (Å²) < 4.78 is 53.8. The molecule has 0 fully saturated rings. The van der Waals surface area contributed by atoms with Gasteiger partial charge in [-0.15, -0.1) is 0 Å². The van der Waals surface area contributed by atoms with Crippen molar-refractivity contribution in [1.82, 2.24) is 0 Å². The monoisotopic (exact) mass is 330 g/mol. The number of fused-ring (bicyclic) bond motifs is 1. The highest BCUT2D eigenvalue weighted by Crippen LogP contribution is 2.36. The Morgan fingerprint density at radius 1 is 0.789 bits per heavy atom. The van der Waals surface area contributed by atoms with Crippen molar-refractivity contribution < 1.29 is 17.6 Å². The standard InChI is InChI=1S/C14H7BrF4/c15-10-13(18)11(16)9(12(17)14(10)19)8-4-2-6-1-3-7(6)5-8/h2,4-5H,1,3H2. The number of aryl methyl sites for hydroxylation is 2. The molecule has 0 heterocycles. The molecule has 0 N–H and O–H groups in total. The van der Waals surface area contributed by atoms with Crippen LogP contribution < -0.4 is 0 Å². The Balaban J connectivity index is 2.27. The number of benzene rings is 2. The zero-order valence-electron chi connectivity index (χ0n) is 9.54. The minimum atomic E-state index is -1.42. The lowest BCUT2D eigenvalue weighted by Crippen LogP contribution is -2.08. The minimum Gasteiger partial charge on any atom is -0.203 e. The molecular formula is C14H7BrF4. The van der Waals surface area contributed by atoms with Crippen molar-refractivity contribution in [2.24, 2.45) is 0 Å². The second-order valence-electron chi connectivity index (χ2n) is 4.43. The molecule has 0 nitrogen and oxygen atoms in total. The summed E-state index contributed by atoms with van der Waals surface area (Å²) in [6.45, 7) is 0. The molecule has 0 aliphatic heterocycles. The first-order chi connectivity index (χ1) is 9.00. The van der Waals surface area contributed by atoms with Crippen LogP contribution in [0.15, 0.2) is 22.7 Å². The molecule has 2 aromatic carbocycles. The molecule has 0 bridgehead atoms. The molecule has 1 aliphatic rings. The molecule has 0 saturated heterocycles. The van der Waals surface area contributed by atoms with Gasteiger partial charge in [0.2, 0.25) is 0 Å². The summed E-state index contributed by atoms with van der Waals surface area (Å²) in [5.74, 6) is -5.61. The average molecular weight is 331 g/mol. The average Bonchev–Trinajstić information content (AvgIpc) is 2.37. The molecular weight excluding hydrogens is 324 g/mol. The zero-order valence-corrected chi connectivity index (χ0v) is 11.1. The fourth-order valence-electron chi connectivity index (χ4n) is 2.21. The predicted molar refractivity (Wildman–Crippen MR) is 66.8 cm³/mol. The first-order valence-electron chi connectivity index (χ1n) is 5.64. The minimum absolute atomic E-state index is 0.152. The largest absolute Gasteiger partial charge is 0.203 e. The van der Waals surface area contributed by atoms with Crippen molar-refractivity contribution in [2.45, 2.75) is 12.8 Å². The zero-order chi connectivity index (χ0) is 13.7. The van der Waals surface area contributed by atoms with Gasteiger partial charge in [-0.1, -0.05) is 18.2 Å². The normalized spacial score (nSPS) is 13.1. The SMILES string of the molecule is Fc1c(F)c(-c2ccc3c(c2)CC3)c(F)c(F)c1Br. The first kappa shape index (κ1) is 12.7. The fourth-order valence-corrected chi connectivity index (χ4v) is 2.56. The van der Waals surface area contributed by atoms with E-state index in [2.05, 4.69) is 15.9 Å². The van der Waals surface area contributed by atoms with Crippen LogP contribution in [0.3, 0.4) is 0 Å². The Morgan fingerprint density at radius 2 is 1.37 bits per heavy atom. The van der Waals surface area contributed by atoms with E-state index in [-0.39, 0.29) is 5.56 Å². The molecule has 0 spiro atoms. The maximum Gasteiger partial charge on any atom is 0.176 e. The maximum absolute atomic E-state index is 13.8. The van der Waals surface area contributed by atoms with Crippen molar-refractivity contribution in [3.63, 3.8) is 0 Å². The van der Waals surface area contributed by atoms with Crippen LogP contribution >= 0.6 is 15.9 Å². The smallest absolute Gasteiger partial charge is 0.176 e. The van der Waals surface area contributed by atoms with Gasteiger partial charge in [-0.2, -0.15) is 0 Å². The summed E-state index contributed by atoms with van der Waals surface area (Å²) >= 11 is 2.49. The summed E-state index contributed by atoms with van der Waals surface area (Å²) in [4.78, 5) is 0. The van der Waals surface area contributed by atoms with Crippen LogP contribution in [0.5, 0.6) is 0 Å². The summed E-state index contributed by atoms with van der Waals surface area (Å²) in [7, 11) is 0. The van der Waals surface area contributed by atoms with Crippen LogP contribution in [-0.2, 0) is 12.8 Å². The van der Waals surface area contributed by atoms with Gasteiger partial charge in [-0.25, -0.2) is 17.6 Å². The van der Waals surface area contributed by atoms with Crippen molar-refractivity contribution in [1.29, 1.82) is 0 Å². The lowest BCUT2D eigenvalue weighted by molar-refractivity contribution is 0.451. The van der Waals surface area contributed by atoms with Crippen LogP contribution in [0, 0.1) is 23.3 Å². The van der Waals surface area contributed by atoms with Gasteiger partial charge in [0, 0.05) is 0 Å². The number of rotatable bonds is 1. The molecule has 1 aliphatic carbocycles. The van der Waals surface area contributed by atoms with Gasteiger partial charge in [-0.05, 0) is 45.5 Å². The Labute approximate surface area is 115 Å².